The van der Waals surface area contributed by atoms with Crippen LogP contribution in [-0.4, -0.2) is 11.2 Å². The van der Waals surface area contributed by atoms with Crippen LogP contribution in [0, 0.1) is 5.82 Å². The number of rotatable bonds is 4. The van der Waals surface area contributed by atoms with Gasteiger partial charge < -0.3 is 11.1 Å². The fourth-order valence-electron chi connectivity index (χ4n) is 1.60. The lowest BCUT2D eigenvalue weighted by Crippen LogP contribution is -2.09. The lowest BCUT2D eigenvalue weighted by Gasteiger charge is -2.09. The highest BCUT2D eigenvalue weighted by Crippen LogP contribution is 2.23. The van der Waals surface area contributed by atoms with Gasteiger partial charge in [0.05, 0.1) is 5.69 Å². The maximum absolute atomic E-state index is 13.9. The minimum absolute atomic E-state index is 0.190. The third-order valence-corrected chi connectivity index (χ3v) is 3.60. The van der Waals surface area contributed by atoms with Gasteiger partial charge in [-0.05, 0) is 48.7 Å². The normalized spacial score (nSPS) is 10.2. The molecule has 0 unspecified atom stereocenters. The van der Waals surface area contributed by atoms with Crippen molar-refractivity contribution in [3.05, 3.63) is 53.8 Å². The van der Waals surface area contributed by atoms with Gasteiger partial charge in [0.2, 0.25) is 0 Å². The molecule has 0 aliphatic carbocycles. The molecular weight excluding hydrogens is 279 g/mol. The third-order valence-electron chi connectivity index (χ3n) is 2.62. The Morgan fingerprint density at radius 3 is 2.42 bits per heavy atom. The zero-order chi connectivity index (χ0) is 13.8. The largest absolute Gasteiger partial charge is 0.389 e. The number of nitrogens with two attached hydrogens (primary N) is 1. The summed E-state index contributed by atoms with van der Waals surface area (Å²) in [5.74, 6) is -0.376. The number of hydrogen-bond acceptors (Lipinski definition) is 3. The van der Waals surface area contributed by atoms with Gasteiger partial charge in [-0.1, -0.05) is 12.2 Å². The predicted octanol–water partition coefficient (Wildman–Crippen LogP) is 3.93. The van der Waals surface area contributed by atoms with Crippen LogP contribution in [0.2, 0.25) is 0 Å². The van der Waals surface area contributed by atoms with Gasteiger partial charge in [0.1, 0.15) is 10.8 Å². The molecule has 2 rings (SSSR count). The number of nitrogens with one attached hydrogen (secondary N) is 1. The number of hydrogen-bond donors (Lipinski definition) is 2. The molecule has 0 heterocycles. The number of anilines is 2. The molecule has 0 fully saturated rings. The van der Waals surface area contributed by atoms with Crippen molar-refractivity contribution in [3.63, 3.8) is 0 Å². The molecule has 2 aromatic rings. The van der Waals surface area contributed by atoms with Crippen molar-refractivity contribution in [2.75, 3.05) is 11.6 Å². The molecule has 0 aliphatic rings. The number of halogens is 1. The van der Waals surface area contributed by atoms with Gasteiger partial charge in [-0.3, -0.25) is 0 Å². The molecule has 2 nitrogen and oxygen atoms in total. The van der Waals surface area contributed by atoms with Crippen LogP contribution < -0.4 is 11.1 Å². The lowest BCUT2D eigenvalue weighted by molar-refractivity contribution is 0.631. The van der Waals surface area contributed by atoms with E-state index < -0.39 is 0 Å². The molecule has 0 radical (unpaired) electrons. The fourth-order valence-corrected chi connectivity index (χ4v) is 2.13. The molecule has 2 aromatic carbocycles. The molecular formula is C14H13FN2S2. The van der Waals surface area contributed by atoms with E-state index in [1.54, 1.807) is 23.9 Å². The Bertz CT molecular complexity index is 597. The van der Waals surface area contributed by atoms with Crippen molar-refractivity contribution in [2.45, 2.75) is 4.90 Å². The standard InChI is InChI=1S/C14H13FN2S2/c1-19-11-5-3-10(4-6-11)17-13-7-2-9(14(16)18)8-12(13)15/h2-8,17H,1H3,(H2,16,18). The second kappa shape index (κ2) is 6.04. The first-order valence-corrected chi connectivity index (χ1v) is 7.24. The van der Waals surface area contributed by atoms with E-state index in [9.17, 15) is 4.39 Å². The Kier molecular flexibility index (Phi) is 4.39. The van der Waals surface area contributed by atoms with Crippen molar-refractivity contribution in [3.8, 4) is 0 Å². The molecule has 0 bridgehead atoms. The summed E-state index contributed by atoms with van der Waals surface area (Å²) < 4.78 is 13.9. The summed E-state index contributed by atoms with van der Waals surface area (Å²) in [5, 5.41) is 3.02. The highest BCUT2D eigenvalue weighted by Gasteiger charge is 2.05. The predicted molar refractivity (Wildman–Crippen MR) is 83.8 cm³/mol. The maximum atomic E-state index is 13.9. The quantitative estimate of drug-likeness (QED) is 0.661. The van der Waals surface area contributed by atoms with Crippen LogP contribution in [0.4, 0.5) is 15.8 Å². The smallest absolute Gasteiger partial charge is 0.147 e. The van der Waals surface area contributed by atoms with E-state index in [2.05, 4.69) is 5.32 Å². The average Bonchev–Trinajstić information content (AvgIpc) is 2.41. The lowest BCUT2D eigenvalue weighted by atomic mass is 10.2. The van der Waals surface area contributed by atoms with Crippen molar-refractivity contribution in [1.82, 2.24) is 0 Å². The first-order valence-electron chi connectivity index (χ1n) is 5.60. The second-order valence-corrected chi connectivity index (χ2v) is 5.23. The summed E-state index contributed by atoms with van der Waals surface area (Å²) in [4.78, 5) is 1.35. The summed E-state index contributed by atoms with van der Waals surface area (Å²) in [6, 6.07) is 12.4. The minimum Gasteiger partial charge on any atom is -0.389 e. The maximum Gasteiger partial charge on any atom is 0.147 e. The first kappa shape index (κ1) is 13.8. The van der Waals surface area contributed by atoms with Crippen LogP contribution >= 0.6 is 24.0 Å². The van der Waals surface area contributed by atoms with Crippen LogP contribution in [0.1, 0.15) is 5.56 Å². The van der Waals surface area contributed by atoms with Crippen LogP contribution in [0.15, 0.2) is 47.4 Å². The Labute approximate surface area is 121 Å². The Hall–Kier alpha value is -1.59. The zero-order valence-electron chi connectivity index (χ0n) is 10.3. The van der Waals surface area contributed by atoms with E-state index in [1.807, 2.05) is 30.5 Å². The summed E-state index contributed by atoms with van der Waals surface area (Å²) in [6.07, 6.45) is 2.01. The zero-order valence-corrected chi connectivity index (χ0v) is 11.9. The summed E-state index contributed by atoms with van der Waals surface area (Å²) >= 11 is 6.47. The first-order chi connectivity index (χ1) is 9.10. The van der Waals surface area contributed by atoms with Gasteiger partial charge in [0, 0.05) is 16.1 Å². The molecule has 19 heavy (non-hydrogen) atoms. The molecule has 0 amide bonds. The number of thiocarbonyl (C=S) groups is 1. The van der Waals surface area contributed by atoms with Gasteiger partial charge in [0.15, 0.2) is 0 Å². The molecule has 5 heteroatoms. The van der Waals surface area contributed by atoms with Gasteiger partial charge >= 0.3 is 0 Å². The molecule has 0 aromatic heterocycles. The number of benzene rings is 2. The Morgan fingerprint density at radius 1 is 1.21 bits per heavy atom. The van der Waals surface area contributed by atoms with E-state index in [0.29, 0.717) is 11.3 Å². The van der Waals surface area contributed by atoms with Crippen LogP contribution in [0.25, 0.3) is 0 Å². The summed E-state index contributed by atoms with van der Waals surface area (Å²) in [5.41, 5.74) is 7.22. The molecule has 0 saturated heterocycles. The third kappa shape index (κ3) is 3.45. The van der Waals surface area contributed by atoms with Gasteiger partial charge in [0.25, 0.3) is 0 Å². The van der Waals surface area contributed by atoms with Gasteiger partial charge in [-0.25, -0.2) is 4.39 Å². The fraction of sp³-hybridized carbons (Fsp3) is 0.0714. The highest BCUT2D eigenvalue weighted by molar-refractivity contribution is 7.98. The average molecular weight is 292 g/mol. The van der Waals surface area contributed by atoms with Gasteiger partial charge in [-0.15, -0.1) is 11.8 Å². The minimum atomic E-state index is -0.376. The van der Waals surface area contributed by atoms with Crippen LogP contribution in [0.5, 0.6) is 0 Å². The number of thioether (sulfide) groups is 1. The van der Waals surface area contributed by atoms with Gasteiger partial charge in [-0.2, -0.15) is 0 Å². The van der Waals surface area contributed by atoms with E-state index >= 15 is 0 Å². The van der Waals surface area contributed by atoms with Crippen molar-refractivity contribution in [2.24, 2.45) is 5.73 Å². The van der Waals surface area contributed by atoms with E-state index in [4.69, 9.17) is 18.0 Å². The summed E-state index contributed by atoms with van der Waals surface area (Å²) in [7, 11) is 0. The summed E-state index contributed by atoms with van der Waals surface area (Å²) in [6.45, 7) is 0. The topological polar surface area (TPSA) is 38.0 Å². The van der Waals surface area contributed by atoms with Crippen molar-refractivity contribution < 1.29 is 4.39 Å². The molecule has 0 saturated carbocycles. The van der Waals surface area contributed by atoms with Crippen molar-refractivity contribution >= 4 is 40.3 Å². The Morgan fingerprint density at radius 2 is 1.89 bits per heavy atom. The van der Waals surface area contributed by atoms with E-state index in [-0.39, 0.29) is 10.8 Å². The molecule has 3 N–H and O–H groups in total. The molecule has 98 valence electrons. The highest BCUT2D eigenvalue weighted by atomic mass is 32.2. The van der Waals surface area contributed by atoms with E-state index in [1.165, 1.54) is 6.07 Å². The molecule has 0 aliphatic heterocycles. The van der Waals surface area contributed by atoms with Crippen molar-refractivity contribution in [1.29, 1.82) is 0 Å². The Balaban J connectivity index is 2.20. The monoisotopic (exact) mass is 292 g/mol. The molecule has 0 atom stereocenters. The van der Waals surface area contributed by atoms with E-state index in [0.717, 1.165) is 10.6 Å². The second-order valence-electron chi connectivity index (χ2n) is 3.91. The molecule has 0 spiro atoms. The SMILES string of the molecule is CSc1ccc(Nc2ccc(C(N)=S)cc2F)cc1. The van der Waals surface area contributed by atoms with Crippen LogP contribution in [-0.2, 0) is 0 Å². The van der Waals surface area contributed by atoms with Crippen LogP contribution in [0.3, 0.4) is 0 Å².